The number of hydrogen-bond acceptors (Lipinski definition) is 1. The summed E-state index contributed by atoms with van der Waals surface area (Å²) in [5, 5.41) is -0.425. The SMILES string of the molecule is O=Cc1ccc(-c2ccc(Cl)c(C(F)(F)F)c2)cc1F. The van der Waals surface area contributed by atoms with Crippen LogP contribution in [0.15, 0.2) is 36.4 Å². The first-order valence-electron chi connectivity index (χ1n) is 5.45. The van der Waals surface area contributed by atoms with Gasteiger partial charge in [0.2, 0.25) is 0 Å². The smallest absolute Gasteiger partial charge is 0.298 e. The molecule has 104 valence electrons. The fraction of sp³-hybridized carbons (Fsp3) is 0.0714. The Hall–Kier alpha value is -1.88. The molecular formula is C14H7ClF4O. The van der Waals surface area contributed by atoms with Crippen LogP contribution in [-0.4, -0.2) is 6.29 Å². The zero-order valence-electron chi connectivity index (χ0n) is 9.84. The number of hydrogen-bond donors (Lipinski definition) is 0. The summed E-state index contributed by atoms with van der Waals surface area (Å²) in [6.07, 6.45) is -4.25. The minimum absolute atomic E-state index is 0.154. The van der Waals surface area contributed by atoms with E-state index in [0.717, 1.165) is 18.2 Å². The van der Waals surface area contributed by atoms with Crippen molar-refractivity contribution in [2.75, 3.05) is 0 Å². The molecule has 0 N–H and O–H groups in total. The number of aldehydes is 1. The summed E-state index contributed by atoms with van der Waals surface area (Å²) in [5.74, 6) is -0.791. The summed E-state index contributed by atoms with van der Waals surface area (Å²) in [5.41, 5.74) is -0.747. The van der Waals surface area contributed by atoms with Gasteiger partial charge in [-0.1, -0.05) is 23.7 Å². The van der Waals surface area contributed by atoms with Gasteiger partial charge in [0.25, 0.3) is 0 Å². The number of carbonyl (C=O) groups excluding carboxylic acids is 1. The summed E-state index contributed by atoms with van der Waals surface area (Å²) < 4.78 is 51.7. The Bertz CT molecular complexity index is 665. The summed E-state index contributed by atoms with van der Waals surface area (Å²) >= 11 is 5.51. The van der Waals surface area contributed by atoms with Crippen molar-refractivity contribution < 1.29 is 22.4 Å². The largest absolute Gasteiger partial charge is 0.417 e. The molecule has 0 bridgehead atoms. The third-order valence-electron chi connectivity index (χ3n) is 2.73. The minimum Gasteiger partial charge on any atom is -0.298 e. The highest BCUT2D eigenvalue weighted by molar-refractivity contribution is 6.31. The van der Waals surface area contributed by atoms with Crippen molar-refractivity contribution in [2.45, 2.75) is 6.18 Å². The van der Waals surface area contributed by atoms with E-state index in [1.165, 1.54) is 18.2 Å². The van der Waals surface area contributed by atoms with Gasteiger partial charge in [-0.2, -0.15) is 13.2 Å². The van der Waals surface area contributed by atoms with E-state index in [-0.39, 0.29) is 16.7 Å². The van der Waals surface area contributed by atoms with Gasteiger partial charge in [-0.3, -0.25) is 4.79 Å². The van der Waals surface area contributed by atoms with E-state index in [0.29, 0.717) is 6.29 Å². The van der Waals surface area contributed by atoms with Crippen molar-refractivity contribution in [3.8, 4) is 11.1 Å². The van der Waals surface area contributed by atoms with Crippen LogP contribution in [0.4, 0.5) is 17.6 Å². The molecule has 0 amide bonds. The molecule has 2 aromatic carbocycles. The molecule has 20 heavy (non-hydrogen) atoms. The van der Waals surface area contributed by atoms with E-state index < -0.39 is 22.6 Å². The first-order valence-corrected chi connectivity index (χ1v) is 5.82. The average molecular weight is 303 g/mol. The van der Waals surface area contributed by atoms with E-state index in [9.17, 15) is 22.4 Å². The Labute approximate surface area is 116 Å². The van der Waals surface area contributed by atoms with Crippen LogP contribution in [0.1, 0.15) is 15.9 Å². The lowest BCUT2D eigenvalue weighted by Gasteiger charge is -2.11. The summed E-state index contributed by atoms with van der Waals surface area (Å²) in [7, 11) is 0. The number of carbonyl (C=O) groups is 1. The van der Waals surface area contributed by atoms with Crippen molar-refractivity contribution in [1.82, 2.24) is 0 Å². The average Bonchev–Trinajstić information content (AvgIpc) is 2.37. The van der Waals surface area contributed by atoms with Gasteiger partial charge in [0.15, 0.2) is 6.29 Å². The van der Waals surface area contributed by atoms with Crippen LogP contribution in [0, 0.1) is 5.82 Å². The molecule has 0 atom stereocenters. The maximum atomic E-state index is 13.5. The second-order valence-corrected chi connectivity index (χ2v) is 4.45. The highest BCUT2D eigenvalue weighted by Crippen LogP contribution is 2.37. The van der Waals surface area contributed by atoms with Crippen LogP contribution in [0.3, 0.4) is 0 Å². The lowest BCUT2D eigenvalue weighted by atomic mass is 10.0. The fourth-order valence-corrected chi connectivity index (χ4v) is 1.95. The van der Waals surface area contributed by atoms with Crippen molar-refractivity contribution in [3.05, 3.63) is 58.4 Å². The van der Waals surface area contributed by atoms with Crippen LogP contribution in [-0.2, 0) is 6.18 Å². The Morgan fingerprint density at radius 2 is 1.60 bits per heavy atom. The Morgan fingerprint density at radius 1 is 1.00 bits per heavy atom. The lowest BCUT2D eigenvalue weighted by Crippen LogP contribution is -2.06. The van der Waals surface area contributed by atoms with Gasteiger partial charge in [0.1, 0.15) is 5.82 Å². The monoisotopic (exact) mass is 302 g/mol. The molecule has 0 saturated carbocycles. The Kier molecular flexibility index (Phi) is 3.81. The second-order valence-electron chi connectivity index (χ2n) is 4.05. The van der Waals surface area contributed by atoms with Crippen molar-refractivity contribution in [3.63, 3.8) is 0 Å². The number of rotatable bonds is 2. The molecular weight excluding hydrogens is 296 g/mol. The van der Waals surface area contributed by atoms with E-state index >= 15 is 0 Å². The van der Waals surface area contributed by atoms with Gasteiger partial charge in [0, 0.05) is 0 Å². The summed E-state index contributed by atoms with van der Waals surface area (Å²) in [6.45, 7) is 0. The first kappa shape index (κ1) is 14.5. The highest BCUT2D eigenvalue weighted by Gasteiger charge is 2.33. The lowest BCUT2D eigenvalue weighted by molar-refractivity contribution is -0.137. The Balaban J connectivity index is 2.54. The molecule has 0 fully saturated rings. The van der Waals surface area contributed by atoms with Crippen LogP contribution in [0.2, 0.25) is 5.02 Å². The minimum atomic E-state index is -4.59. The Morgan fingerprint density at radius 3 is 2.15 bits per heavy atom. The molecule has 0 aliphatic carbocycles. The van der Waals surface area contributed by atoms with Crippen molar-refractivity contribution in [2.24, 2.45) is 0 Å². The predicted molar refractivity (Wildman–Crippen MR) is 67.2 cm³/mol. The molecule has 0 heterocycles. The maximum absolute atomic E-state index is 13.5. The number of benzene rings is 2. The maximum Gasteiger partial charge on any atom is 0.417 e. The van der Waals surface area contributed by atoms with Gasteiger partial charge in [-0.25, -0.2) is 4.39 Å². The quantitative estimate of drug-likeness (QED) is 0.565. The molecule has 2 rings (SSSR count). The van der Waals surface area contributed by atoms with E-state index in [4.69, 9.17) is 11.6 Å². The molecule has 6 heteroatoms. The van der Waals surface area contributed by atoms with Crippen LogP contribution in [0.25, 0.3) is 11.1 Å². The highest BCUT2D eigenvalue weighted by atomic mass is 35.5. The standard InChI is InChI=1S/C14H7ClF4O/c15-12-4-3-8(5-11(12)14(17,18)19)9-1-2-10(7-20)13(16)6-9/h1-7H. The molecule has 0 spiro atoms. The number of halogens is 5. The van der Waals surface area contributed by atoms with Gasteiger partial charge in [-0.05, 0) is 35.4 Å². The fourth-order valence-electron chi connectivity index (χ4n) is 1.72. The van der Waals surface area contributed by atoms with Crippen LogP contribution < -0.4 is 0 Å². The molecule has 0 radical (unpaired) electrons. The summed E-state index contributed by atoms with van der Waals surface area (Å²) in [4.78, 5) is 10.5. The molecule has 0 aromatic heterocycles. The van der Waals surface area contributed by atoms with E-state index in [2.05, 4.69) is 0 Å². The molecule has 0 saturated heterocycles. The van der Waals surface area contributed by atoms with Crippen LogP contribution in [0.5, 0.6) is 0 Å². The van der Waals surface area contributed by atoms with Gasteiger partial charge < -0.3 is 0 Å². The third-order valence-corrected chi connectivity index (χ3v) is 3.06. The van der Waals surface area contributed by atoms with Gasteiger partial charge in [0.05, 0.1) is 16.1 Å². The van der Waals surface area contributed by atoms with Gasteiger partial charge in [-0.15, -0.1) is 0 Å². The second kappa shape index (κ2) is 5.25. The third kappa shape index (κ3) is 2.82. The molecule has 1 nitrogen and oxygen atoms in total. The first-order chi connectivity index (χ1) is 9.32. The predicted octanol–water partition coefficient (Wildman–Crippen LogP) is 4.98. The molecule has 0 unspecified atom stereocenters. The zero-order valence-corrected chi connectivity index (χ0v) is 10.6. The van der Waals surface area contributed by atoms with Crippen molar-refractivity contribution >= 4 is 17.9 Å². The summed E-state index contributed by atoms with van der Waals surface area (Å²) in [6, 6.07) is 6.89. The molecule has 0 aliphatic heterocycles. The van der Waals surface area contributed by atoms with Crippen LogP contribution >= 0.6 is 11.6 Å². The number of alkyl halides is 3. The van der Waals surface area contributed by atoms with E-state index in [1.807, 2.05) is 0 Å². The van der Waals surface area contributed by atoms with Gasteiger partial charge >= 0.3 is 6.18 Å². The molecule has 2 aromatic rings. The zero-order chi connectivity index (χ0) is 14.9. The van der Waals surface area contributed by atoms with Crippen molar-refractivity contribution in [1.29, 1.82) is 0 Å². The topological polar surface area (TPSA) is 17.1 Å². The van der Waals surface area contributed by atoms with E-state index in [1.54, 1.807) is 0 Å². The normalized spacial score (nSPS) is 11.4. The molecule has 0 aliphatic rings.